The van der Waals surface area contributed by atoms with Crippen LogP contribution in [0.4, 0.5) is 5.69 Å². The Labute approximate surface area is 126 Å². The minimum Gasteiger partial charge on any atom is -0.312 e. The Balaban J connectivity index is 1.82. The van der Waals surface area contributed by atoms with E-state index in [4.69, 9.17) is 0 Å². The molecule has 0 aliphatic carbocycles. The summed E-state index contributed by atoms with van der Waals surface area (Å²) >= 11 is 0. The summed E-state index contributed by atoms with van der Waals surface area (Å²) in [5.74, 6) is 0.729. The smallest absolute Gasteiger partial charge is 0.272 e. The van der Waals surface area contributed by atoms with E-state index in [-0.39, 0.29) is 10.6 Å². The molecule has 0 spiro atoms. The Morgan fingerprint density at radius 2 is 2.10 bits per heavy atom. The van der Waals surface area contributed by atoms with Crippen molar-refractivity contribution < 1.29 is 4.92 Å². The molecule has 1 N–H and O–H groups in total. The van der Waals surface area contributed by atoms with Crippen LogP contribution in [0.3, 0.4) is 0 Å². The molecule has 2 rings (SSSR count). The van der Waals surface area contributed by atoms with Gasteiger partial charge in [-0.25, -0.2) is 0 Å². The maximum absolute atomic E-state index is 10.9. The predicted molar refractivity (Wildman–Crippen MR) is 84.4 cm³/mol. The minimum absolute atomic E-state index is 0.213. The van der Waals surface area contributed by atoms with Gasteiger partial charge >= 0.3 is 0 Å². The molecule has 116 valence electrons. The topological polar surface area (TPSA) is 58.4 Å². The molecule has 0 amide bonds. The van der Waals surface area contributed by atoms with Crippen molar-refractivity contribution in [1.82, 2.24) is 10.2 Å². The van der Waals surface area contributed by atoms with E-state index in [1.54, 1.807) is 12.1 Å². The van der Waals surface area contributed by atoms with Crippen LogP contribution in [0.2, 0.25) is 0 Å². The number of rotatable bonds is 6. The molecular formula is C16H25N3O2. The van der Waals surface area contributed by atoms with Crippen molar-refractivity contribution in [2.45, 2.75) is 33.2 Å². The number of nitrogens with zero attached hydrogens (tertiary/aromatic N) is 2. The Kier molecular flexibility index (Phi) is 5.70. The van der Waals surface area contributed by atoms with Crippen molar-refractivity contribution in [2.24, 2.45) is 5.92 Å². The second-order valence-electron chi connectivity index (χ2n) is 5.83. The van der Waals surface area contributed by atoms with Crippen molar-refractivity contribution in [3.8, 4) is 0 Å². The first kappa shape index (κ1) is 15.9. The van der Waals surface area contributed by atoms with E-state index in [2.05, 4.69) is 17.1 Å². The quantitative estimate of drug-likeness (QED) is 0.647. The Bertz CT molecular complexity index is 482. The van der Waals surface area contributed by atoms with Gasteiger partial charge in [-0.1, -0.05) is 19.1 Å². The number of nitrogens with one attached hydrogen (secondary N) is 1. The van der Waals surface area contributed by atoms with E-state index >= 15 is 0 Å². The molecule has 1 saturated heterocycles. The lowest BCUT2D eigenvalue weighted by molar-refractivity contribution is -0.385. The highest BCUT2D eigenvalue weighted by Crippen LogP contribution is 2.21. The number of benzene rings is 1. The first-order valence-corrected chi connectivity index (χ1v) is 7.77. The number of hydrogen-bond acceptors (Lipinski definition) is 4. The van der Waals surface area contributed by atoms with E-state index < -0.39 is 0 Å². The zero-order chi connectivity index (χ0) is 15.2. The molecule has 5 heteroatoms. The van der Waals surface area contributed by atoms with E-state index in [1.807, 2.05) is 13.0 Å². The molecular weight excluding hydrogens is 266 g/mol. The summed E-state index contributed by atoms with van der Waals surface area (Å²) in [5.41, 5.74) is 2.01. The van der Waals surface area contributed by atoms with Gasteiger partial charge in [0.15, 0.2) is 0 Å². The van der Waals surface area contributed by atoms with Gasteiger partial charge in [0.1, 0.15) is 0 Å². The Morgan fingerprint density at radius 1 is 1.38 bits per heavy atom. The van der Waals surface area contributed by atoms with Crippen LogP contribution in [0.5, 0.6) is 0 Å². The molecule has 21 heavy (non-hydrogen) atoms. The largest absolute Gasteiger partial charge is 0.312 e. The third-order valence-corrected chi connectivity index (χ3v) is 4.52. The predicted octanol–water partition coefficient (Wildman–Crippen LogP) is 2.72. The second kappa shape index (κ2) is 7.52. The second-order valence-corrected chi connectivity index (χ2v) is 5.83. The minimum atomic E-state index is -0.306. The fourth-order valence-electron chi connectivity index (χ4n) is 2.98. The summed E-state index contributed by atoms with van der Waals surface area (Å²) in [5, 5.41) is 14.4. The van der Waals surface area contributed by atoms with Crippen LogP contribution in [0.1, 0.15) is 30.9 Å². The maximum atomic E-state index is 10.9. The fourth-order valence-corrected chi connectivity index (χ4v) is 2.98. The van der Waals surface area contributed by atoms with E-state index in [0.29, 0.717) is 6.54 Å². The lowest BCUT2D eigenvalue weighted by Crippen LogP contribution is -2.37. The van der Waals surface area contributed by atoms with Gasteiger partial charge in [-0.3, -0.25) is 10.1 Å². The molecule has 1 aromatic carbocycles. The summed E-state index contributed by atoms with van der Waals surface area (Å²) in [6.45, 7) is 9.28. The third-order valence-electron chi connectivity index (χ3n) is 4.52. The standard InChI is InChI=1S/C16H25N3O2/c1-3-18-9-7-14(8-10-18)11-17-12-15-5-4-6-16(13(15)2)19(20)21/h4-6,14,17H,3,7-12H2,1-2H3. The molecule has 0 atom stereocenters. The number of piperidine rings is 1. The lowest BCUT2D eigenvalue weighted by Gasteiger charge is -2.31. The number of nitro benzene ring substituents is 1. The first-order valence-electron chi connectivity index (χ1n) is 7.77. The van der Waals surface area contributed by atoms with E-state index in [1.165, 1.54) is 25.9 Å². The molecule has 0 radical (unpaired) electrons. The van der Waals surface area contributed by atoms with Crippen LogP contribution in [0, 0.1) is 23.0 Å². The highest BCUT2D eigenvalue weighted by atomic mass is 16.6. The summed E-state index contributed by atoms with van der Waals surface area (Å²) < 4.78 is 0. The summed E-state index contributed by atoms with van der Waals surface area (Å²) in [6, 6.07) is 5.30. The molecule has 0 aromatic heterocycles. The molecule has 5 nitrogen and oxygen atoms in total. The van der Waals surface area contributed by atoms with Crippen LogP contribution < -0.4 is 5.32 Å². The highest BCUT2D eigenvalue weighted by molar-refractivity contribution is 5.44. The van der Waals surface area contributed by atoms with Crippen molar-refractivity contribution >= 4 is 5.69 Å². The zero-order valence-electron chi connectivity index (χ0n) is 13.0. The fraction of sp³-hybridized carbons (Fsp3) is 0.625. The molecule has 0 saturated carbocycles. The molecule has 0 unspecified atom stereocenters. The molecule has 1 aliphatic heterocycles. The van der Waals surface area contributed by atoms with Gasteiger partial charge in [0, 0.05) is 18.2 Å². The molecule has 1 aromatic rings. The van der Waals surface area contributed by atoms with Crippen molar-refractivity contribution in [2.75, 3.05) is 26.2 Å². The van der Waals surface area contributed by atoms with Gasteiger partial charge in [-0.2, -0.15) is 0 Å². The summed E-state index contributed by atoms with van der Waals surface area (Å²) in [4.78, 5) is 13.1. The van der Waals surface area contributed by atoms with E-state index in [9.17, 15) is 10.1 Å². The first-order chi connectivity index (χ1) is 10.1. The van der Waals surface area contributed by atoms with Crippen molar-refractivity contribution in [1.29, 1.82) is 0 Å². The average Bonchev–Trinajstić information content (AvgIpc) is 2.49. The zero-order valence-corrected chi connectivity index (χ0v) is 13.0. The van der Waals surface area contributed by atoms with Crippen LogP contribution in [0.15, 0.2) is 18.2 Å². The van der Waals surface area contributed by atoms with E-state index in [0.717, 1.165) is 30.1 Å². The third kappa shape index (κ3) is 4.25. The van der Waals surface area contributed by atoms with Crippen LogP contribution in [-0.2, 0) is 6.54 Å². The molecule has 1 fully saturated rings. The molecule has 1 heterocycles. The van der Waals surface area contributed by atoms with Crippen LogP contribution in [0.25, 0.3) is 0 Å². The number of hydrogen-bond donors (Lipinski definition) is 1. The normalized spacial score (nSPS) is 17.0. The monoisotopic (exact) mass is 291 g/mol. The highest BCUT2D eigenvalue weighted by Gasteiger charge is 2.18. The van der Waals surface area contributed by atoms with Crippen LogP contribution >= 0.6 is 0 Å². The van der Waals surface area contributed by atoms with Gasteiger partial charge < -0.3 is 10.2 Å². The van der Waals surface area contributed by atoms with Crippen molar-refractivity contribution in [3.05, 3.63) is 39.4 Å². The van der Waals surface area contributed by atoms with Gasteiger partial charge in [0.05, 0.1) is 4.92 Å². The van der Waals surface area contributed by atoms with Gasteiger partial charge in [0.25, 0.3) is 5.69 Å². The summed E-state index contributed by atoms with van der Waals surface area (Å²) in [6.07, 6.45) is 2.49. The average molecular weight is 291 g/mol. The SMILES string of the molecule is CCN1CCC(CNCc2cccc([N+](=O)[O-])c2C)CC1. The summed E-state index contributed by atoms with van der Waals surface area (Å²) in [7, 11) is 0. The van der Waals surface area contributed by atoms with Crippen molar-refractivity contribution in [3.63, 3.8) is 0 Å². The van der Waals surface area contributed by atoms with Gasteiger partial charge in [-0.05, 0) is 57.4 Å². The maximum Gasteiger partial charge on any atom is 0.272 e. The number of likely N-dealkylation sites (tertiary alicyclic amines) is 1. The number of nitro groups is 1. The van der Waals surface area contributed by atoms with Gasteiger partial charge in [-0.15, -0.1) is 0 Å². The lowest BCUT2D eigenvalue weighted by atomic mass is 9.96. The Hall–Kier alpha value is -1.46. The molecule has 0 bridgehead atoms. The molecule has 1 aliphatic rings. The van der Waals surface area contributed by atoms with Crippen LogP contribution in [-0.4, -0.2) is 36.0 Å². The Morgan fingerprint density at radius 3 is 2.71 bits per heavy atom. The van der Waals surface area contributed by atoms with Gasteiger partial charge in [0.2, 0.25) is 0 Å².